The number of nitrogens with two attached hydrogens (primary N) is 1. The number of rotatable bonds is 8. The van der Waals surface area contributed by atoms with E-state index in [9.17, 15) is 0 Å². The summed E-state index contributed by atoms with van der Waals surface area (Å²) >= 11 is 0. The van der Waals surface area contributed by atoms with Gasteiger partial charge in [-0.3, -0.25) is 9.88 Å². The molecule has 0 aliphatic carbocycles. The Kier molecular flexibility index (Phi) is 6.25. The van der Waals surface area contributed by atoms with E-state index in [0.717, 1.165) is 25.3 Å². The third kappa shape index (κ3) is 4.37. The third-order valence-corrected chi connectivity index (χ3v) is 3.41. The fraction of sp³-hybridized carbons (Fsp3) is 0.643. The fourth-order valence-corrected chi connectivity index (χ4v) is 1.75. The van der Waals surface area contributed by atoms with Gasteiger partial charge in [-0.15, -0.1) is 0 Å². The molecule has 2 N–H and O–H groups in total. The van der Waals surface area contributed by atoms with E-state index in [1.54, 1.807) is 0 Å². The van der Waals surface area contributed by atoms with Crippen LogP contribution >= 0.6 is 0 Å². The van der Waals surface area contributed by atoms with Gasteiger partial charge >= 0.3 is 0 Å². The van der Waals surface area contributed by atoms with Crippen LogP contribution in [0.2, 0.25) is 0 Å². The summed E-state index contributed by atoms with van der Waals surface area (Å²) in [6.07, 6.45) is 2.76. The van der Waals surface area contributed by atoms with Gasteiger partial charge in [-0.2, -0.15) is 0 Å². The lowest BCUT2D eigenvalue weighted by Gasteiger charge is -2.37. The molecule has 1 aromatic heterocycles. The molecule has 18 heavy (non-hydrogen) atoms. The van der Waals surface area contributed by atoms with Gasteiger partial charge in [0.25, 0.3) is 0 Å². The molecule has 0 aliphatic heterocycles. The summed E-state index contributed by atoms with van der Waals surface area (Å²) in [4.78, 5) is 6.59. The number of nitrogens with zero attached hydrogens (tertiary/aromatic N) is 2. The fourth-order valence-electron chi connectivity index (χ4n) is 1.75. The minimum atomic E-state index is -0.106. The van der Waals surface area contributed by atoms with E-state index in [1.807, 2.05) is 25.3 Å². The lowest BCUT2D eigenvalue weighted by atomic mass is 10.0. The zero-order valence-corrected chi connectivity index (χ0v) is 11.7. The van der Waals surface area contributed by atoms with Crippen LogP contribution in [-0.2, 0) is 11.2 Å². The highest BCUT2D eigenvalue weighted by atomic mass is 16.5. The van der Waals surface area contributed by atoms with Crippen LogP contribution in [0.3, 0.4) is 0 Å². The van der Waals surface area contributed by atoms with Crippen LogP contribution in [-0.4, -0.2) is 48.8 Å². The topological polar surface area (TPSA) is 51.4 Å². The van der Waals surface area contributed by atoms with Crippen LogP contribution in [0.5, 0.6) is 0 Å². The van der Waals surface area contributed by atoms with Gasteiger partial charge in [-0.05, 0) is 33.0 Å². The largest absolute Gasteiger partial charge is 0.380 e. The van der Waals surface area contributed by atoms with Crippen LogP contribution in [0.25, 0.3) is 0 Å². The first-order chi connectivity index (χ1) is 8.62. The Morgan fingerprint density at radius 3 is 2.78 bits per heavy atom. The van der Waals surface area contributed by atoms with Crippen molar-refractivity contribution in [1.82, 2.24) is 9.88 Å². The average Bonchev–Trinajstić information content (AvgIpc) is 2.43. The normalized spacial score (nSPS) is 14.7. The highest BCUT2D eigenvalue weighted by molar-refractivity contribution is 5.04. The second-order valence-electron chi connectivity index (χ2n) is 4.83. The molecule has 1 aromatic rings. The van der Waals surface area contributed by atoms with E-state index < -0.39 is 0 Å². The predicted molar refractivity (Wildman–Crippen MR) is 74.5 cm³/mol. The molecule has 0 saturated heterocycles. The summed E-state index contributed by atoms with van der Waals surface area (Å²) in [7, 11) is 2.09. The Balaban J connectivity index is 2.49. The Morgan fingerprint density at radius 2 is 2.22 bits per heavy atom. The van der Waals surface area contributed by atoms with Gasteiger partial charge in [-0.25, -0.2) is 0 Å². The molecule has 0 bridgehead atoms. The van der Waals surface area contributed by atoms with Crippen molar-refractivity contribution in [3.05, 3.63) is 30.1 Å². The molecule has 0 aromatic carbocycles. The highest BCUT2D eigenvalue weighted by Gasteiger charge is 2.27. The second-order valence-corrected chi connectivity index (χ2v) is 4.83. The molecule has 102 valence electrons. The van der Waals surface area contributed by atoms with Gasteiger partial charge in [0.2, 0.25) is 0 Å². The number of ether oxygens (including phenoxy) is 1. The molecule has 4 nitrogen and oxygen atoms in total. The number of likely N-dealkylation sites (N-methyl/N-ethyl adjacent to an activating group) is 1. The van der Waals surface area contributed by atoms with Crippen molar-refractivity contribution in [3.8, 4) is 0 Å². The lowest BCUT2D eigenvalue weighted by molar-refractivity contribution is 0.0245. The number of aromatic nitrogens is 1. The van der Waals surface area contributed by atoms with Gasteiger partial charge < -0.3 is 10.5 Å². The van der Waals surface area contributed by atoms with Crippen molar-refractivity contribution in [2.45, 2.75) is 25.8 Å². The van der Waals surface area contributed by atoms with E-state index in [0.29, 0.717) is 13.2 Å². The van der Waals surface area contributed by atoms with Crippen LogP contribution < -0.4 is 5.73 Å². The predicted octanol–water partition coefficient (Wildman–Crippen LogP) is 1.31. The zero-order chi connectivity index (χ0) is 13.4. The lowest BCUT2D eigenvalue weighted by Crippen LogP contribution is -2.53. The van der Waals surface area contributed by atoms with Crippen molar-refractivity contribution >= 4 is 0 Å². The van der Waals surface area contributed by atoms with Crippen LogP contribution in [0.4, 0.5) is 0 Å². The smallest absolute Gasteiger partial charge is 0.0659 e. The first-order valence-electron chi connectivity index (χ1n) is 6.51. The minimum absolute atomic E-state index is 0.106. The van der Waals surface area contributed by atoms with E-state index in [4.69, 9.17) is 10.5 Å². The quantitative estimate of drug-likeness (QED) is 0.757. The summed E-state index contributed by atoms with van der Waals surface area (Å²) in [6.45, 7) is 7.05. The number of pyridine rings is 1. The van der Waals surface area contributed by atoms with Gasteiger partial charge in [-0.1, -0.05) is 6.07 Å². The van der Waals surface area contributed by atoms with Crippen molar-refractivity contribution in [2.75, 3.05) is 33.4 Å². The van der Waals surface area contributed by atoms with Gasteiger partial charge in [0, 0.05) is 38.0 Å². The van der Waals surface area contributed by atoms with Crippen molar-refractivity contribution in [3.63, 3.8) is 0 Å². The summed E-state index contributed by atoms with van der Waals surface area (Å²) in [5.41, 5.74) is 6.89. The van der Waals surface area contributed by atoms with E-state index in [1.165, 1.54) is 0 Å². The van der Waals surface area contributed by atoms with Gasteiger partial charge in [0.05, 0.1) is 12.1 Å². The first-order valence-corrected chi connectivity index (χ1v) is 6.51. The molecule has 1 atom stereocenters. The molecular formula is C14H25N3O. The summed E-state index contributed by atoms with van der Waals surface area (Å²) < 4.78 is 5.53. The monoisotopic (exact) mass is 251 g/mol. The number of hydrogen-bond donors (Lipinski definition) is 1. The van der Waals surface area contributed by atoms with E-state index >= 15 is 0 Å². The average molecular weight is 251 g/mol. The third-order valence-electron chi connectivity index (χ3n) is 3.41. The Bertz CT molecular complexity index is 331. The molecule has 0 fully saturated rings. The minimum Gasteiger partial charge on any atom is -0.380 e. The maximum atomic E-state index is 5.88. The van der Waals surface area contributed by atoms with Crippen molar-refractivity contribution < 1.29 is 4.74 Å². The molecule has 4 heteroatoms. The highest BCUT2D eigenvalue weighted by Crippen LogP contribution is 2.13. The number of hydrogen-bond acceptors (Lipinski definition) is 4. The van der Waals surface area contributed by atoms with Crippen LogP contribution in [0.1, 0.15) is 19.5 Å². The first kappa shape index (κ1) is 15.1. The maximum Gasteiger partial charge on any atom is 0.0659 e. The molecular weight excluding hydrogens is 226 g/mol. The van der Waals surface area contributed by atoms with Crippen LogP contribution in [0.15, 0.2) is 24.4 Å². The van der Waals surface area contributed by atoms with Crippen molar-refractivity contribution in [2.24, 2.45) is 5.73 Å². The van der Waals surface area contributed by atoms with E-state index in [2.05, 4.69) is 29.9 Å². The molecule has 0 spiro atoms. The van der Waals surface area contributed by atoms with Gasteiger partial charge in [0.15, 0.2) is 0 Å². The molecule has 1 heterocycles. The van der Waals surface area contributed by atoms with Crippen LogP contribution in [0, 0.1) is 0 Å². The zero-order valence-electron chi connectivity index (χ0n) is 11.7. The molecule has 1 unspecified atom stereocenters. The summed E-state index contributed by atoms with van der Waals surface area (Å²) in [6, 6.07) is 6.01. The maximum absolute atomic E-state index is 5.88. The molecule has 0 amide bonds. The van der Waals surface area contributed by atoms with E-state index in [-0.39, 0.29) is 5.54 Å². The SMILES string of the molecule is CCOCC(C)(CN)N(C)CCc1ccccn1. The molecule has 0 saturated carbocycles. The summed E-state index contributed by atoms with van der Waals surface area (Å²) in [5.74, 6) is 0. The molecule has 0 radical (unpaired) electrons. The molecule has 0 aliphatic rings. The Hall–Kier alpha value is -0.970. The summed E-state index contributed by atoms with van der Waals surface area (Å²) in [5, 5.41) is 0. The standard InChI is InChI=1S/C14H25N3O/c1-4-18-12-14(2,11-15)17(3)10-8-13-7-5-6-9-16-13/h5-7,9H,4,8,10-12,15H2,1-3H3. The Labute approximate surface area is 110 Å². The Morgan fingerprint density at radius 1 is 1.44 bits per heavy atom. The second kappa shape index (κ2) is 7.46. The molecule has 1 rings (SSSR count). The van der Waals surface area contributed by atoms with Gasteiger partial charge in [0.1, 0.15) is 0 Å². The van der Waals surface area contributed by atoms with Crippen molar-refractivity contribution in [1.29, 1.82) is 0 Å².